The highest BCUT2D eigenvalue weighted by molar-refractivity contribution is 5.73. The molecule has 10 heteroatoms. The van der Waals surface area contributed by atoms with Crippen LogP contribution in [-0.4, -0.2) is 44.9 Å². The number of nitrogens with zero attached hydrogens (tertiary/aromatic N) is 3. The normalized spacial score (nSPS) is 14.3. The largest absolute Gasteiger partial charge is 0.490 e. The minimum atomic E-state index is -5.08. The van der Waals surface area contributed by atoms with Crippen LogP contribution < -0.4 is 0 Å². The SMILES string of the molecule is C=CCOCc1ncn2c1CN(Cc1ccc(F)cc1)CCC2.O=C(O)C(F)(F)F. The van der Waals surface area contributed by atoms with Gasteiger partial charge in [0.1, 0.15) is 5.82 Å². The van der Waals surface area contributed by atoms with Crippen molar-refractivity contribution in [3.63, 3.8) is 0 Å². The second-order valence-electron chi connectivity index (χ2n) is 6.63. The molecule has 0 amide bonds. The Morgan fingerprint density at radius 2 is 1.93 bits per heavy atom. The summed E-state index contributed by atoms with van der Waals surface area (Å²) in [4.78, 5) is 15.8. The number of carboxylic acid groups (broad SMARTS) is 1. The Kier molecular flexibility index (Phi) is 8.55. The molecule has 0 bridgehead atoms. The predicted octanol–water partition coefficient (Wildman–Crippen LogP) is 3.76. The summed E-state index contributed by atoms with van der Waals surface area (Å²) in [5.74, 6) is -2.95. The molecule has 1 aromatic heterocycles. The highest BCUT2D eigenvalue weighted by atomic mass is 19.4. The van der Waals surface area contributed by atoms with Crippen molar-refractivity contribution in [3.05, 3.63) is 66.0 Å². The van der Waals surface area contributed by atoms with Gasteiger partial charge in [0.25, 0.3) is 0 Å². The third-order valence-electron chi connectivity index (χ3n) is 4.32. The highest BCUT2D eigenvalue weighted by Gasteiger charge is 2.38. The first kappa shape index (κ1) is 23.6. The van der Waals surface area contributed by atoms with Crippen LogP contribution in [-0.2, 0) is 35.8 Å². The summed E-state index contributed by atoms with van der Waals surface area (Å²) < 4.78 is 52.5. The Morgan fingerprint density at radius 3 is 2.53 bits per heavy atom. The van der Waals surface area contributed by atoms with E-state index in [4.69, 9.17) is 14.6 Å². The molecule has 0 spiro atoms. The van der Waals surface area contributed by atoms with Crippen LogP contribution in [0.15, 0.2) is 43.2 Å². The van der Waals surface area contributed by atoms with Crippen molar-refractivity contribution in [3.8, 4) is 0 Å². The lowest BCUT2D eigenvalue weighted by molar-refractivity contribution is -0.192. The van der Waals surface area contributed by atoms with Gasteiger partial charge in [-0.2, -0.15) is 13.2 Å². The Hall–Kier alpha value is -2.72. The predicted molar refractivity (Wildman–Crippen MR) is 101 cm³/mol. The van der Waals surface area contributed by atoms with E-state index in [2.05, 4.69) is 21.0 Å². The number of ether oxygens (including phenoxy) is 1. The van der Waals surface area contributed by atoms with E-state index < -0.39 is 12.1 Å². The molecule has 1 aromatic carbocycles. The van der Waals surface area contributed by atoms with Crippen LogP contribution in [0.5, 0.6) is 0 Å². The van der Waals surface area contributed by atoms with Gasteiger partial charge in [0.05, 0.1) is 30.9 Å². The summed E-state index contributed by atoms with van der Waals surface area (Å²) in [5.41, 5.74) is 3.34. The zero-order valence-electron chi connectivity index (χ0n) is 16.2. The van der Waals surface area contributed by atoms with Crippen molar-refractivity contribution >= 4 is 5.97 Å². The average Bonchev–Trinajstić information content (AvgIpc) is 2.93. The number of fused-ring (bicyclic) bond motifs is 1. The van der Waals surface area contributed by atoms with E-state index in [0.29, 0.717) is 13.2 Å². The maximum absolute atomic E-state index is 13.0. The smallest absolute Gasteiger partial charge is 0.475 e. The van der Waals surface area contributed by atoms with E-state index in [-0.39, 0.29) is 5.82 Å². The van der Waals surface area contributed by atoms with E-state index in [0.717, 1.165) is 43.9 Å². The second-order valence-corrected chi connectivity index (χ2v) is 6.63. The maximum Gasteiger partial charge on any atom is 0.490 e. The van der Waals surface area contributed by atoms with Gasteiger partial charge in [-0.05, 0) is 24.1 Å². The number of carbonyl (C=O) groups is 1. The lowest BCUT2D eigenvalue weighted by atomic mass is 10.2. The number of hydrogen-bond acceptors (Lipinski definition) is 4. The quantitative estimate of drug-likeness (QED) is 0.430. The van der Waals surface area contributed by atoms with Crippen molar-refractivity contribution in [1.82, 2.24) is 14.5 Å². The van der Waals surface area contributed by atoms with Crippen molar-refractivity contribution in [2.45, 2.75) is 38.8 Å². The Morgan fingerprint density at radius 1 is 1.27 bits per heavy atom. The molecule has 3 rings (SSSR count). The van der Waals surface area contributed by atoms with E-state index in [9.17, 15) is 17.6 Å². The minimum Gasteiger partial charge on any atom is -0.475 e. The Bertz CT molecular complexity index is 835. The van der Waals surface area contributed by atoms with E-state index >= 15 is 0 Å². The third-order valence-corrected chi connectivity index (χ3v) is 4.32. The molecule has 30 heavy (non-hydrogen) atoms. The molecular formula is C20H23F4N3O3. The summed E-state index contributed by atoms with van der Waals surface area (Å²) in [5, 5.41) is 7.12. The monoisotopic (exact) mass is 429 g/mol. The fraction of sp³-hybridized carbons (Fsp3) is 0.400. The molecule has 6 nitrogen and oxygen atoms in total. The number of imidazole rings is 1. The molecule has 0 saturated heterocycles. The number of halogens is 4. The van der Waals surface area contributed by atoms with E-state index in [1.807, 2.05) is 18.5 Å². The summed E-state index contributed by atoms with van der Waals surface area (Å²) in [6.07, 6.45) is -0.351. The number of rotatable bonds is 6. The summed E-state index contributed by atoms with van der Waals surface area (Å²) in [7, 11) is 0. The lowest BCUT2D eigenvalue weighted by Gasteiger charge is -2.20. The fourth-order valence-electron chi connectivity index (χ4n) is 2.92. The van der Waals surface area contributed by atoms with Crippen LogP contribution in [0.2, 0.25) is 0 Å². The summed E-state index contributed by atoms with van der Waals surface area (Å²) >= 11 is 0. The molecular weight excluding hydrogens is 406 g/mol. The van der Waals surface area contributed by atoms with Gasteiger partial charge in [-0.15, -0.1) is 6.58 Å². The first-order valence-electron chi connectivity index (χ1n) is 9.19. The van der Waals surface area contributed by atoms with Gasteiger partial charge in [-0.1, -0.05) is 18.2 Å². The van der Waals surface area contributed by atoms with E-state index in [1.165, 1.54) is 17.8 Å². The van der Waals surface area contributed by atoms with Crippen molar-refractivity contribution in [2.24, 2.45) is 0 Å². The standard InChI is InChI=1S/C18H22FN3O.C2HF3O2/c1-2-10-23-13-17-18-12-21(8-3-9-22(18)14-20-17)11-15-4-6-16(19)7-5-15;3-2(4,5)1(6)7/h2,4-7,14H,1,3,8-13H2;(H,6,7). The van der Waals surface area contributed by atoms with Gasteiger partial charge >= 0.3 is 12.1 Å². The van der Waals surface area contributed by atoms with Crippen LogP contribution in [0.3, 0.4) is 0 Å². The minimum absolute atomic E-state index is 0.190. The topological polar surface area (TPSA) is 67.6 Å². The molecule has 164 valence electrons. The lowest BCUT2D eigenvalue weighted by Crippen LogP contribution is -2.23. The molecule has 0 fully saturated rings. The van der Waals surface area contributed by atoms with Crippen LogP contribution in [0.25, 0.3) is 0 Å². The van der Waals surface area contributed by atoms with Gasteiger partial charge in [0.15, 0.2) is 0 Å². The summed E-state index contributed by atoms with van der Waals surface area (Å²) in [6.45, 7) is 8.36. The Labute approximate surface area is 171 Å². The van der Waals surface area contributed by atoms with Crippen molar-refractivity contribution in [1.29, 1.82) is 0 Å². The maximum atomic E-state index is 13.0. The number of hydrogen-bond donors (Lipinski definition) is 1. The van der Waals surface area contributed by atoms with Crippen LogP contribution >= 0.6 is 0 Å². The second kappa shape index (κ2) is 10.9. The first-order valence-corrected chi connectivity index (χ1v) is 9.19. The third kappa shape index (κ3) is 7.27. The molecule has 1 aliphatic heterocycles. The van der Waals surface area contributed by atoms with Gasteiger partial charge in [0, 0.05) is 26.2 Å². The number of aliphatic carboxylic acids is 1. The van der Waals surface area contributed by atoms with Gasteiger partial charge in [-0.25, -0.2) is 14.2 Å². The van der Waals surface area contributed by atoms with Crippen LogP contribution in [0.4, 0.5) is 17.6 Å². The number of alkyl halides is 3. The average molecular weight is 429 g/mol. The number of carboxylic acids is 1. The number of aromatic nitrogens is 2. The molecule has 0 atom stereocenters. The van der Waals surface area contributed by atoms with Crippen molar-refractivity contribution in [2.75, 3.05) is 13.2 Å². The molecule has 1 aliphatic rings. The molecule has 2 heterocycles. The number of benzene rings is 1. The Balaban J connectivity index is 0.000000396. The molecule has 1 N–H and O–H groups in total. The zero-order chi connectivity index (χ0) is 22.1. The highest BCUT2D eigenvalue weighted by Crippen LogP contribution is 2.19. The van der Waals surface area contributed by atoms with E-state index in [1.54, 1.807) is 6.08 Å². The van der Waals surface area contributed by atoms with Crippen LogP contribution in [0, 0.1) is 5.82 Å². The molecule has 0 saturated carbocycles. The van der Waals surface area contributed by atoms with Crippen molar-refractivity contribution < 1.29 is 32.2 Å². The molecule has 0 radical (unpaired) electrons. The fourth-order valence-corrected chi connectivity index (χ4v) is 2.92. The van der Waals surface area contributed by atoms with Gasteiger partial charge in [-0.3, -0.25) is 4.90 Å². The first-order chi connectivity index (χ1) is 14.2. The zero-order valence-corrected chi connectivity index (χ0v) is 16.2. The van der Waals surface area contributed by atoms with Gasteiger partial charge in [0.2, 0.25) is 0 Å². The molecule has 0 aliphatic carbocycles. The van der Waals surface area contributed by atoms with Crippen LogP contribution in [0.1, 0.15) is 23.4 Å². The number of aryl methyl sites for hydroxylation is 1. The van der Waals surface area contributed by atoms with Gasteiger partial charge < -0.3 is 14.4 Å². The summed E-state index contributed by atoms with van der Waals surface area (Å²) in [6, 6.07) is 6.75. The molecule has 0 unspecified atom stereocenters. The molecule has 2 aromatic rings.